The molecule has 1 aliphatic heterocycles. The molecule has 1 heterocycles. The van der Waals surface area contributed by atoms with Crippen LogP contribution in [0.4, 0.5) is 4.79 Å². The number of amides is 1. The lowest BCUT2D eigenvalue weighted by Gasteiger charge is -2.31. The van der Waals surface area contributed by atoms with Gasteiger partial charge in [-0.3, -0.25) is 0 Å². The standard InChI is InChI=1S/C10H19NO2/c1-3-5-6-9-8(4-2)7-11-10(12)13-9/h8-9H,3-7H2,1-2H3,(H,11,12)/t8-,9+/m1/s1. The minimum Gasteiger partial charge on any atom is -0.446 e. The molecule has 1 aliphatic rings. The Balaban J connectivity index is 2.39. The predicted molar refractivity (Wildman–Crippen MR) is 51.6 cm³/mol. The quantitative estimate of drug-likeness (QED) is 0.730. The van der Waals surface area contributed by atoms with Gasteiger partial charge in [0.2, 0.25) is 0 Å². The smallest absolute Gasteiger partial charge is 0.407 e. The summed E-state index contributed by atoms with van der Waals surface area (Å²) in [4.78, 5) is 11.0. The highest BCUT2D eigenvalue weighted by Crippen LogP contribution is 2.20. The molecule has 0 aromatic carbocycles. The van der Waals surface area contributed by atoms with Crippen molar-refractivity contribution in [2.45, 2.75) is 45.6 Å². The Morgan fingerprint density at radius 3 is 2.92 bits per heavy atom. The molecule has 2 atom stereocenters. The van der Waals surface area contributed by atoms with Gasteiger partial charge in [-0.2, -0.15) is 0 Å². The van der Waals surface area contributed by atoms with Crippen LogP contribution >= 0.6 is 0 Å². The van der Waals surface area contributed by atoms with Gasteiger partial charge in [-0.15, -0.1) is 0 Å². The van der Waals surface area contributed by atoms with Crippen molar-refractivity contribution < 1.29 is 9.53 Å². The Morgan fingerprint density at radius 1 is 1.54 bits per heavy atom. The normalized spacial score (nSPS) is 28.0. The molecule has 0 aliphatic carbocycles. The maximum atomic E-state index is 11.0. The molecule has 1 saturated heterocycles. The third kappa shape index (κ3) is 2.90. The van der Waals surface area contributed by atoms with Gasteiger partial charge in [-0.1, -0.05) is 26.7 Å². The van der Waals surface area contributed by atoms with Crippen molar-refractivity contribution in [3.05, 3.63) is 0 Å². The van der Waals surface area contributed by atoms with Crippen LogP contribution in [0.2, 0.25) is 0 Å². The number of ether oxygens (including phenoxy) is 1. The van der Waals surface area contributed by atoms with Crippen molar-refractivity contribution in [1.29, 1.82) is 0 Å². The highest BCUT2D eigenvalue weighted by molar-refractivity contribution is 5.68. The second kappa shape index (κ2) is 5.10. The third-order valence-corrected chi connectivity index (χ3v) is 2.66. The second-order valence-corrected chi connectivity index (χ2v) is 3.64. The Kier molecular flexibility index (Phi) is 4.06. The van der Waals surface area contributed by atoms with Gasteiger partial charge < -0.3 is 10.1 Å². The van der Waals surface area contributed by atoms with Crippen LogP contribution in [0.5, 0.6) is 0 Å². The summed E-state index contributed by atoms with van der Waals surface area (Å²) in [5, 5.41) is 2.73. The average Bonchev–Trinajstić information content (AvgIpc) is 2.15. The number of carbonyl (C=O) groups excluding carboxylic acids is 1. The Bertz CT molecular complexity index is 170. The van der Waals surface area contributed by atoms with E-state index < -0.39 is 0 Å². The highest BCUT2D eigenvalue weighted by Gasteiger charge is 2.28. The third-order valence-electron chi connectivity index (χ3n) is 2.66. The molecule has 1 rings (SSSR count). The van der Waals surface area contributed by atoms with E-state index in [0.29, 0.717) is 5.92 Å². The Labute approximate surface area is 79.8 Å². The molecule has 0 bridgehead atoms. The number of hydrogen-bond donors (Lipinski definition) is 1. The molecule has 3 heteroatoms. The fourth-order valence-electron chi connectivity index (χ4n) is 1.73. The zero-order valence-corrected chi connectivity index (χ0v) is 8.51. The summed E-state index contributed by atoms with van der Waals surface area (Å²) in [6, 6.07) is 0. The topological polar surface area (TPSA) is 38.3 Å². The van der Waals surface area contributed by atoms with Crippen LogP contribution < -0.4 is 5.32 Å². The molecule has 0 saturated carbocycles. The molecule has 0 aromatic heterocycles. The Morgan fingerprint density at radius 2 is 2.31 bits per heavy atom. The number of rotatable bonds is 4. The van der Waals surface area contributed by atoms with Gasteiger partial charge in [0.15, 0.2) is 0 Å². The number of carbonyl (C=O) groups is 1. The van der Waals surface area contributed by atoms with Crippen molar-refractivity contribution in [2.24, 2.45) is 5.92 Å². The summed E-state index contributed by atoms with van der Waals surface area (Å²) in [7, 11) is 0. The fraction of sp³-hybridized carbons (Fsp3) is 0.900. The van der Waals surface area contributed by atoms with Gasteiger partial charge in [0, 0.05) is 12.5 Å². The molecule has 1 amide bonds. The first kappa shape index (κ1) is 10.4. The summed E-state index contributed by atoms with van der Waals surface area (Å²) in [6.45, 7) is 5.08. The highest BCUT2D eigenvalue weighted by atomic mass is 16.6. The van der Waals surface area contributed by atoms with E-state index in [0.717, 1.165) is 32.2 Å². The number of alkyl carbamates (subject to hydrolysis) is 1. The molecule has 0 radical (unpaired) electrons. The van der Waals surface area contributed by atoms with E-state index in [4.69, 9.17) is 4.74 Å². The van der Waals surface area contributed by atoms with Crippen LogP contribution in [0.1, 0.15) is 39.5 Å². The monoisotopic (exact) mass is 185 g/mol. The minimum atomic E-state index is -0.245. The maximum absolute atomic E-state index is 11.0. The van der Waals surface area contributed by atoms with Crippen LogP contribution in [0, 0.1) is 5.92 Å². The molecule has 13 heavy (non-hydrogen) atoms. The molecule has 3 nitrogen and oxygen atoms in total. The second-order valence-electron chi connectivity index (χ2n) is 3.64. The van der Waals surface area contributed by atoms with Crippen molar-refractivity contribution >= 4 is 6.09 Å². The Hall–Kier alpha value is -0.730. The van der Waals surface area contributed by atoms with Crippen LogP contribution in [0.25, 0.3) is 0 Å². The molecule has 76 valence electrons. The average molecular weight is 185 g/mol. The first-order valence-corrected chi connectivity index (χ1v) is 5.22. The molecule has 1 fully saturated rings. The summed E-state index contributed by atoms with van der Waals surface area (Å²) in [5.74, 6) is 0.504. The van der Waals surface area contributed by atoms with Gasteiger partial charge in [-0.05, 0) is 12.8 Å². The zero-order chi connectivity index (χ0) is 9.68. The molecule has 1 N–H and O–H groups in total. The number of cyclic esters (lactones) is 1. The van der Waals surface area contributed by atoms with Gasteiger partial charge in [0.1, 0.15) is 6.10 Å². The number of unbranched alkanes of at least 4 members (excludes halogenated alkanes) is 1. The summed E-state index contributed by atoms with van der Waals surface area (Å²) >= 11 is 0. The maximum Gasteiger partial charge on any atom is 0.407 e. The SMILES string of the molecule is CCCC[C@@H]1OC(=O)NC[C@H]1CC. The summed E-state index contributed by atoms with van der Waals surface area (Å²) in [5.41, 5.74) is 0. The van der Waals surface area contributed by atoms with Gasteiger partial charge in [-0.25, -0.2) is 4.79 Å². The van der Waals surface area contributed by atoms with E-state index in [1.54, 1.807) is 0 Å². The molecular weight excluding hydrogens is 166 g/mol. The van der Waals surface area contributed by atoms with E-state index in [9.17, 15) is 4.79 Å². The van der Waals surface area contributed by atoms with Crippen molar-refractivity contribution in [1.82, 2.24) is 5.32 Å². The fourth-order valence-corrected chi connectivity index (χ4v) is 1.73. The number of hydrogen-bond acceptors (Lipinski definition) is 2. The molecule has 0 unspecified atom stereocenters. The van der Waals surface area contributed by atoms with Gasteiger partial charge in [0.05, 0.1) is 0 Å². The molecule has 0 spiro atoms. The zero-order valence-electron chi connectivity index (χ0n) is 8.51. The number of nitrogens with one attached hydrogen (secondary N) is 1. The van der Waals surface area contributed by atoms with Gasteiger partial charge in [0.25, 0.3) is 0 Å². The first-order valence-electron chi connectivity index (χ1n) is 5.22. The van der Waals surface area contributed by atoms with E-state index in [-0.39, 0.29) is 12.2 Å². The summed E-state index contributed by atoms with van der Waals surface area (Å²) in [6.07, 6.45) is 4.31. The van der Waals surface area contributed by atoms with Gasteiger partial charge >= 0.3 is 6.09 Å². The first-order chi connectivity index (χ1) is 6.27. The minimum absolute atomic E-state index is 0.152. The lowest BCUT2D eigenvalue weighted by atomic mass is 9.94. The van der Waals surface area contributed by atoms with E-state index in [2.05, 4.69) is 19.2 Å². The lowest BCUT2D eigenvalue weighted by Crippen LogP contribution is -2.44. The predicted octanol–water partition coefficient (Wildman–Crippen LogP) is 2.31. The van der Waals surface area contributed by atoms with Crippen molar-refractivity contribution in [2.75, 3.05) is 6.54 Å². The van der Waals surface area contributed by atoms with Crippen LogP contribution in [0.15, 0.2) is 0 Å². The van der Waals surface area contributed by atoms with Crippen LogP contribution in [-0.4, -0.2) is 18.7 Å². The van der Waals surface area contributed by atoms with E-state index in [1.807, 2.05) is 0 Å². The van der Waals surface area contributed by atoms with Crippen molar-refractivity contribution in [3.8, 4) is 0 Å². The molecule has 0 aromatic rings. The molecular formula is C10H19NO2. The van der Waals surface area contributed by atoms with E-state index in [1.165, 1.54) is 0 Å². The van der Waals surface area contributed by atoms with Crippen molar-refractivity contribution in [3.63, 3.8) is 0 Å². The lowest BCUT2D eigenvalue weighted by molar-refractivity contribution is 0.0295. The van der Waals surface area contributed by atoms with E-state index >= 15 is 0 Å². The van der Waals surface area contributed by atoms with Crippen LogP contribution in [-0.2, 0) is 4.74 Å². The largest absolute Gasteiger partial charge is 0.446 e. The summed E-state index contributed by atoms with van der Waals surface area (Å²) < 4.78 is 5.24. The van der Waals surface area contributed by atoms with Crippen LogP contribution in [0.3, 0.4) is 0 Å².